The lowest BCUT2D eigenvalue weighted by Crippen LogP contribution is -1.82. The minimum atomic E-state index is -2.48. The molecule has 0 fully saturated rings. The fourth-order valence-corrected chi connectivity index (χ4v) is 2.46. The molecular weight excluding hydrogens is 271 g/mol. The van der Waals surface area contributed by atoms with Gasteiger partial charge in [-0.1, -0.05) is 77.6 Å². The fourth-order valence-electron chi connectivity index (χ4n) is 2.27. The van der Waals surface area contributed by atoms with Crippen LogP contribution < -0.4 is 0 Å². The van der Waals surface area contributed by atoms with Gasteiger partial charge in [0, 0.05) is 4.57 Å². The summed E-state index contributed by atoms with van der Waals surface area (Å²) in [6.07, 6.45) is 20.3. The van der Waals surface area contributed by atoms with E-state index >= 15 is 0 Å². The van der Waals surface area contributed by atoms with Gasteiger partial charge in [-0.25, -0.2) is 4.52 Å². The van der Waals surface area contributed by atoms with Gasteiger partial charge in [0.15, 0.2) is 0 Å². The molecule has 0 radical (unpaired) electrons. The summed E-state index contributed by atoms with van der Waals surface area (Å²) in [5.74, 6) is 0. The van der Waals surface area contributed by atoms with Crippen LogP contribution in [0.15, 0.2) is 12.3 Å². The van der Waals surface area contributed by atoms with Gasteiger partial charge in [0.25, 0.3) is 0 Å². The summed E-state index contributed by atoms with van der Waals surface area (Å²) < 4.78 is 14.6. The SMILES string of the molecule is CCCCCCCCCCCCCCC=CO[P+](=O)O. The van der Waals surface area contributed by atoms with Gasteiger partial charge in [-0.3, -0.25) is 0 Å². The Balaban J connectivity index is 3.02. The van der Waals surface area contributed by atoms with Crippen molar-refractivity contribution >= 4 is 8.25 Å². The Morgan fingerprint density at radius 2 is 1.30 bits per heavy atom. The number of unbranched alkanes of at least 4 members (excludes halogenated alkanes) is 12. The molecule has 0 aromatic carbocycles. The molecule has 0 bridgehead atoms. The summed E-state index contributed by atoms with van der Waals surface area (Å²) in [7, 11) is -2.48. The van der Waals surface area contributed by atoms with E-state index in [4.69, 9.17) is 4.89 Å². The van der Waals surface area contributed by atoms with Gasteiger partial charge in [-0.05, 0) is 18.9 Å². The van der Waals surface area contributed by atoms with Crippen LogP contribution in [0.1, 0.15) is 90.4 Å². The molecule has 0 heterocycles. The lowest BCUT2D eigenvalue weighted by molar-refractivity contribution is 0.377. The lowest BCUT2D eigenvalue weighted by Gasteiger charge is -2.02. The van der Waals surface area contributed by atoms with Gasteiger partial charge in [0.2, 0.25) is 0 Å². The van der Waals surface area contributed by atoms with Crippen molar-refractivity contribution in [2.24, 2.45) is 0 Å². The van der Waals surface area contributed by atoms with Crippen LogP contribution in [0.25, 0.3) is 0 Å². The fraction of sp³-hybridized carbons (Fsp3) is 0.875. The maximum atomic E-state index is 10.2. The van der Waals surface area contributed by atoms with Crippen LogP contribution in [0.5, 0.6) is 0 Å². The first-order chi connectivity index (χ1) is 9.77. The van der Waals surface area contributed by atoms with E-state index in [9.17, 15) is 4.57 Å². The molecule has 0 aromatic heterocycles. The number of hydrogen-bond donors (Lipinski definition) is 1. The molecule has 1 atom stereocenters. The molecule has 0 aliphatic heterocycles. The second-order valence-electron chi connectivity index (χ2n) is 5.39. The normalized spacial score (nSPS) is 12.0. The summed E-state index contributed by atoms with van der Waals surface area (Å²) in [6.45, 7) is 2.26. The molecule has 3 nitrogen and oxygen atoms in total. The van der Waals surface area contributed by atoms with E-state index in [1.807, 2.05) is 6.08 Å². The maximum Gasteiger partial charge on any atom is 0.746 e. The first kappa shape index (κ1) is 19.6. The highest BCUT2D eigenvalue weighted by atomic mass is 31.1. The molecule has 118 valence electrons. The third-order valence-corrected chi connectivity index (χ3v) is 3.77. The third-order valence-electron chi connectivity index (χ3n) is 3.47. The summed E-state index contributed by atoms with van der Waals surface area (Å²) in [4.78, 5) is 8.39. The molecule has 0 saturated carbocycles. The number of allylic oxidation sites excluding steroid dienone is 1. The average molecular weight is 303 g/mol. The van der Waals surface area contributed by atoms with Gasteiger partial charge in [0.05, 0.1) is 0 Å². The van der Waals surface area contributed by atoms with Crippen LogP contribution >= 0.6 is 8.25 Å². The molecular formula is C16H32O3P+. The van der Waals surface area contributed by atoms with Crippen LogP contribution in [-0.2, 0) is 9.09 Å². The van der Waals surface area contributed by atoms with Gasteiger partial charge in [-0.2, -0.15) is 0 Å². The van der Waals surface area contributed by atoms with Crippen LogP contribution in [-0.4, -0.2) is 4.89 Å². The van der Waals surface area contributed by atoms with Crippen molar-refractivity contribution in [3.05, 3.63) is 12.3 Å². The van der Waals surface area contributed by atoms with E-state index in [-0.39, 0.29) is 0 Å². The Morgan fingerprint density at radius 1 is 0.850 bits per heavy atom. The Bertz CT molecular complexity index is 242. The predicted molar refractivity (Wildman–Crippen MR) is 85.7 cm³/mol. The molecule has 0 amide bonds. The van der Waals surface area contributed by atoms with E-state index in [1.165, 1.54) is 76.9 Å². The third kappa shape index (κ3) is 17.6. The van der Waals surface area contributed by atoms with Crippen molar-refractivity contribution in [1.82, 2.24) is 0 Å². The van der Waals surface area contributed by atoms with E-state index in [1.54, 1.807) is 0 Å². The van der Waals surface area contributed by atoms with Gasteiger partial charge >= 0.3 is 8.25 Å². The Kier molecular flexibility index (Phi) is 16.3. The highest BCUT2D eigenvalue weighted by molar-refractivity contribution is 7.32. The van der Waals surface area contributed by atoms with Crippen LogP contribution in [0.4, 0.5) is 0 Å². The van der Waals surface area contributed by atoms with Gasteiger partial charge in [-0.15, -0.1) is 4.89 Å². The summed E-state index contributed by atoms with van der Waals surface area (Å²) in [5.41, 5.74) is 0. The van der Waals surface area contributed by atoms with Crippen molar-refractivity contribution in [1.29, 1.82) is 0 Å². The Labute approximate surface area is 125 Å². The molecule has 0 spiro atoms. The first-order valence-corrected chi connectivity index (χ1v) is 9.38. The lowest BCUT2D eigenvalue weighted by atomic mass is 10.0. The van der Waals surface area contributed by atoms with Gasteiger partial charge < -0.3 is 0 Å². The van der Waals surface area contributed by atoms with Crippen molar-refractivity contribution in [3.8, 4) is 0 Å². The number of hydrogen-bond acceptors (Lipinski definition) is 2. The molecule has 0 aliphatic carbocycles. The summed E-state index contributed by atoms with van der Waals surface area (Å²) in [6, 6.07) is 0. The molecule has 0 saturated heterocycles. The summed E-state index contributed by atoms with van der Waals surface area (Å²) in [5, 5.41) is 0. The molecule has 0 aromatic rings. The minimum absolute atomic E-state index is 0.931. The monoisotopic (exact) mass is 303 g/mol. The Hall–Kier alpha value is -0.400. The standard InChI is InChI=1S/C16H31O3P/c1-2-3-4-5-6-7-8-9-10-11-12-13-14-15-16-19-20(17)18/h15-16H,2-14H2,1H3/p+1. The Morgan fingerprint density at radius 3 is 1.75 bits per heavy atom. The molecule has 1 unspecified atom stereocenters. The predicted octanol–water partition coefficient (Wildman–Crippen LogP) is 6.26. The van der Waals surface area contributed by atoms with Gasteiger partial charge in [0.1, 0.15) is 6.26 Å². The zero-order valence-electron chi connectivity index (χ0n) is 13.1. The van der Waals surface area contributed by atoms with Crippen LogP contribution in [0, 0.1) is 0 Å². The zero-order valence-corrected chi connectivity index (χ0v) is 14.0. The number of rotatable bonds is 15. The van der Waals surface area contributed by atoms with E-state index in [2.05, 4.69) is 11.4 Å². The second-order valence-corrected chi connectivity index (χ2v) is 6.08. The molecule has 4 heteroatoms. The summed E-state index contributed by atoms with van der Waals surface area (Å²) >= 11 is 0. The van der Waals surface area contributed by atoms with Crippen molar-refractivity contribution in [3.63, 3.8) is 0 Å². The molecule has 0 aliphatic rings. The zero-order chi connectivity index (χ0) is 14.9. The quantitative estimate of drug-likeness (QED) is 0.221. The smallest absolute Gasteiger partial charge is 0.238 e. The first-order valence-electron chi connectivity index (χ1n) is 8.25. The highest BCUT2D eigenvalue weighted by Crippen LogP contribution is 2.15. The van der Waals surface area contributed by atoms with E-state index in [0.29, 0.717) is 0 Å². The molecule has 20 heavy (non-hydrogen) atoms. The minimum Gasteiger partial charge on any atom is -0.238 e. The van der Waals surface area contributed by atoms with Crippen molar-refractivity contribution in [2.45, 2.75) is 90.4 Å². The second kappa shape index (κ2) is 16.7. The maximum absolute atomic E-state index is 10.2. The van der Waals surface area contributed by atoms with E-state index < -0.39 is 8.25 Å². The highest BCUT2D eigenvalue weighted by Gasteiger charge is 2.06. The van der Waals surface area contributed by atoms with Crippen LogP contribution in [0.2, 0.25) is 0 Å². The van der Waals surface area contributed by atoms with E-state index in [0.717, 1.165) is 12.8 Å². The van der Waals surface area contributed by atoms with Crippen LogP contribution in [0.3, 0.4) is 0 Å². The average Bonchev–Trinajstić information content (AvgIpc) is 2.43. The van der Waals surface area contributed by atoms with Crippen molar-refractivity contribution in [2.75, 3.05) is 0 Å². The largest absolute Gasteiger partial charge is 0.746 e. The van der Waals surface area contributed by atoms with Crippen molar-refractivity contribution < 1.29 is 14.0 Å². The molecule has 1 N–H and O–H groups in total. The molecule has 0 rings (SSSR count). The topological polar surface area (TPSA) is 46.5 Å².